The van der Waals surface area contributed by atoms with Gasteiger partial charge < -0.3 is 9.84 Å². The molecular weight excluding hydrogens is 159 g/mol. The Hall–Kier alpha value is -0.930. The summed E-state index contributed by atoms with van der Waals surface area (Å²) in [5.41, 5.74) is 0.779. The van der Waals surface area contributed by atoms with Gasteiger partial charge in [0.15, 0.2) is 0 Å². The number of hydrogen-bond donors (Lipinski definition) is 1. The number of aliphatic hydroxyl groups is 1. The topological polar surface area (TPSA) is 29.5 Å². The van der Waals surface area contributed by atoms with Crippen LogP contribution in [0, 0.1) is 5.82 Å². The molecule has 0 bridgehead atoms. The molecule has 0 heterocycles. The van der Waals surface area contributed by atoms with Crippen LogP contribution in [0.25, 0.3) is 0 Å². The van der Waals surface area contributed by atoms with Gasteiger partial charge in [0.05, 0.1) is 6.61 Å². The van der Waals surface area contributed by atoms with Crippen LogP contribution in [0.4, 0.5) is 4.39 Å². The zero-order valence-corrected chi connectivity index (χ0v) is 6.83. The van der Waals surface area contributed by atoms with E-state index in [4.69, 9.17) is 9.84 Å². The Kier molecular flexibility index (Phi) is 3.19. The van der Waals surface area contributed by atoms with Gasteiger partial charge in [0.2, 0.25) is 0 Å². The van der Waals surface area contributed by atoms with Crippen molar-refractivity contribution in [2.75, 3.05) is 13.7 Å². The minimum atomic E-state index is -0.356. The summed E-state index contributed by atoms with van der Waals surface area (Å²) in [7, 11) is 1.50. The molecule has 12 heavy (non-hydrogen) atoms. The molecule has 1 aromatic rings. The van der Waals surface area contributed by atoms with Crippen molar-refractivity contribution in [3.05, 3.63) is 35.6 Å². The van der Waals surface area contributed by atoms with Crippen molar-refractivity contribution in [3.63, 3.8) is 0 Å². The lowest BCUT2D eigenvalue weighted by Crippen LogP contribution is -2.05. The number of benzene rings is 1. The fraction of sp³-hybridized carbons (Fsp3) is 0.333. The van der Waals surface area contributed by atoms with E-state index in [1.807, 2.05) is 0 Å². The molecule has 0 spiro atoms. The minimum Gasteiger partial charge on any atom is -0.393 e. The smallest absolute Gasteiger partial charge is 0.123 e. The molecule has 3 heteroatoms. The van der Waals surface area contributed by atoms with E-state index < -0.39 is 0 Å². The van der Waals surface area contributed by atoms with E-state index in [-0.39, 0.29) is 18.5 Å². The Balaban J connectivity index is 2.80. The maximum absolute atomic E-state index is 12.5. The third-order valence-electron chi connectivity index (χ3n) is 1.69. The molecule has 0 aromatic heterocycles. The molecule has 1 atom stereocenters. The predicted octanol–water partition coefficient (Wildman–Crippen LogP) is 1.51. The van der Waals surface area contributed by atoms with Crippen molar-refractivity contribution in [2.24, 2.45) is 0 Å². The van der Waals surface area contributed by atoms with Crippen LogP contribution in [0.2, 0.25) is 0 Å². The van der Waals surface area contributed by atoms with E-state index >= 15 is 0 Å². The second-order valence-electron chi connectivity index (χ2n) is 2.46. The normalized spacial score (nSPS) is 12.9. The molecule has 1 rings (SSSR count). The fourth-order valence-corrected chi connectivity index (χ4v) is 0.993. The molecule has 2 nitrogen and oxygen atoms in total. The van der Waals surface area contributed by atoms with Gasteiger partial charge in [-0.15, -0.1) is 0 Å². The van der Waals surface area contributed by atoms with E-state index in [2.05, 4.69) is 0 Å². The van der Waals surface area contributed by atoms with Gasteiger partial charge in [-0.05, 0) is 17.7 Å². The first-order valence-corrected chi connectivity index (χ1v) is 3.67. The Morgan fingerprint density at radius 1 is 1.42 bits per heavy atom. The van der Waals surface area contributed by atoms with Gasteiger partial charge in [0.1, 0.15) is 11.9 Å². The lowest BCUT2D eigenvalue weighted by molar-refractivity contribution is 0.0484. The summed E-state index contributed by atoms with van der Waals surface area (Å²) >= 11 is 0. The van der Waals surface area contributed by atoms with Crippen molar-refractivity contribution < 1.29 is 14.2 Å². The number of hydrogen-bond acceptors (Lipinski definition) is 2. The quantitative estimate of drug-likeness (QED) is 0.745. The Morgan fingerprint density at radius 2 is 2.00 bits per heavy atom. The lowest BCUT2D eigenvalue weighted by atomic mass is 10.1. The predicted molar refractivity (Wildman–Crippen MR) is 43.2 cm³/mol. The van der Waals surface area contributed by atoms with Crippen LogP contribution in [0.1, 0.15) is 11.7 Å². The van der Waals surface area contributed by atoms with Crippen molar-refractivity contribution in [3.8, 4) is 0 Å². The Labute approximate surface area is 70.6 Å². The third-order valence-corrected chi connectivity index (χ3v) is 1.69. The zero-order chi connectivity index (χ0) is 8.97. The molecule has 0 fully saturated rings. The Morgan fingerprint density at radius 3 is 2.42 bits per heavy atom. The molecule has 66 valence electrons. The Bertz CT molecular complexity index is 229. The van der Waals surface area contributed by atoms with Gasteiger partial charge in [-0.2, -0.15) is 0 Å². The summed E-state index contributed by atoms with van der Waals surface area (Å²) in [5, 5.41) is 8.83. The molecule has 0 aliphatic heterocycles. The third kappa shape index (κ3) is 2.03. The van der Waals surface area contributed by atoms with Crippen LogP contribution in [-0.2, 0) is 4.74 Å². The van der Waals surface area contributed by atoms with Crippen LogP contribution >= 0.6 is 0 Å². The maximum Gasteiger partial charge on any atom is 0.123 e. The molecule has 1 N–H and O–H groups in total. The van der Waals surface area contributed by atoms with E-state index in [0.29, 0.717) is 0 Å². The van der Waals surface area contributed by atoms with E-state index in [1.54, 1.807) is 12.1 Å². The van der Waals surface area contributed by atoms with Crippen LogP contribution < -0.4 is 0 Å². The van der Waals surface area contributed by atoms with Gasteiger partial charge in [-0.25, -0.2) is 4.39 Å². The SMILES string of the molecule is COC(CO)c1ccc(F)cc1. The fourth-order valence-electron chi connectivity index (χ4n) is 0.993. The average molecular weight is 170 g/mol. The van der Waals surface area contributed by atoms with Gasteiger partial charge in [-0.1, -0.05) is 12.1 Å². The lowest BCUT2D eigenvalue weighted by Gasteiger charge is -2.11. The van der Waals surface area contributed by atoms with Gasteiger partial charge >= 0.3 is 0 Å². The highest BCUT2D eigenvalue weighted by Crippen LogP contribution is 2.15. The first kappa shape index (κ1) is 9.16. The van der Waals surface area contributed by atoms with E-state index in [1.165, 1.54) is 19.2 Å². The summed E-state index contributed by atoms with van der Waals surface area (Å²) in [5.74, 6) is -0.286. The summed E-state index contributed by atoms with van der Waals surface area (Å²) in [6, 6.07) is 5.88. The van der Waals surface area contributed by atoms with Gasteiger partial charge in [0.25, 0.3) is 0 Å². The van der Waals surface area contributed by atoms with Crippen molar-refractivity contribution in [2.45, 2.75) is 6.10 Å². The first-order chi connectivity index (χ1) is 5.77. The summed E-state index contributed by atoms with van der Waals surface area (Å²) < 4.78 is 17.4. The zero-order valence-electron chi connectivity index (χ0n) is 6.83. The van der Waals surface area contributed by atoms with Crippen LogP contribution in [0.5, 0.6) is 0 Å². The standard InChI is InChI=1S/C9H11FO2/c1-12-9(6-11)7-2-4-8(10)5-3-7/h2-5,9,11H,6H2,1H3. The highest BCUT2D eigenvalue weighted by atomic mass is 19.1. The molecule has 0 amide bonds. The van der Waals surface area contributed by atoms with E-state index in [9.17, 15) is 4.39 Å². The summed E-state index contributed by atoms with van der Waals surface area (Å²) in [6.07, 6.45) is -0.356. The number of ether oxygens (including phenoxy) is 1. The molecule has 0 radical (unpaired) electrons. The number of rotatable bonds is 3. The number of halogens is 1. The second-order valence-corrected chi connectivity index (χ2v) is 2.46. The first-order valence-electron chi connectivity index (χ1n) is 3.67. The van der Waals surface area contributed by atoms with Crippen LogP contribution in [0.15, 0.2) is 24.3 Å². The molecule has 0 aliphatic carbocycles. The van der Waals surface area contributed by atoms with Gasteiger partial charge in [0, 0.05) is 7.11 Å². The van der Waals surface area contributed by atoms with E-state index in [0.717, 1.165) is 5.56 Å². The number of aliphatic hydroxyl groups excluding tert-OH is 1. The minimum absolute atomic E-state index is 0.0951. The summed E-state index contributed by atoms with van der Waals surface area (Å²) in [4.78, 5) is 0. The average Bonchev–Trinajstić information content (AvgIpc) is 2.10. The van der Waals surface area contributed by atoms with Crippen LogP contribution in [0.3, 0.4) is 0 Å². The monoisotopic (exact) mass is 170 g/mol. The number of methoxy groups -OCH3 is 1. The highest BCUT2D eigenvalue weighted by molar-refractivity contribution is 5.18. The molecule has 0 saturated carbocycles. The van der Waals surface area contributed by atoms with Crippen molar-refractivity contribution >= 4 is 0 Å². The highest BCUT2D eigenvalue weighted by Gasteiger charge is 2.07. The second kappa shape index (κ2) is 4.18. The largest absolute Gasteiger partial charge is 0.393 e. The van der Waals surface area contributed by atoms with Crippen molar-refractivity contribution in [1.29, 1.82) is 0 Å². The molecule has 1 aromatic carbocycles. The molecule has 0 aliphatic rings. The molecule has 0 saturated heterocycles. The van der Waals surface area contributed by atoms with Gasteiger partial charge in [-0.3, -0.25) is 0 Å². The molecule has 1 unspecified atom stereocenters. The summed E-state index contributed by atoms with van der Waals surface area (Å²) in [6.45, 7) is -0.0951. The van der Waals surface area contributed by atoms with Crippen molar-refractivity contribution in [1.82, 2.24) is 0 Å². The maximum atomic E-state index is 12.5. The van der Waals surface area contributed by atoms with Crippen LogP contribution in [-0.4, -0.2) is 18.8 Å². The molecular formula is C9H11FO2.